The SMILES string of the molecule is CC(C)(C)OC(=O)NC(CCc1ccccc1)S(=O)(=O)C(CCc1ccccc1)NC(=O)OC(C)(C)C. The van der Waals surface area contributed by atoms with Crippen LogP contribution in [0.1, 0.15) is 65.5 Å². The number of ether oxygens (including phenoxy) is 2. The Morgan fingerprint density at radius 3 is 1.30 bits per heavy atom. The average Bonchev–Trinajstić information content (AvgIpc) is 2.78. The fourth-order valence-corrected chi connectivity index (χ4v) is 5.41. The van der Waals surface area contributed by atoms with E-state index in [1.165, 1.54) is 0 Å². The summed E-state index contributed by atoms with van der Waals surface area (Å²) in [6, 6.07) is 18.8. The summed E-state index contributed by atoms with van der Waals surface area (Å²) in [4.78, 5) is 25.3. The quantitative estimate of drug-likeness (QED) is 0.426. The molecule has 0 heterocycles. The largest absolute Gasteiger partial charge is 0.444 e. The van der Waals surface area contributed by atoms with Crippen LogP contribution < -0.4 is 10.6 Å². The molecule has 37 heavy (non-hydrogen) atoms. The van der Waals surface area contributed by atoms with Crippen LogP contribution in [-0.4, -0.2) is 42.6 Å². The second-order valence-electron chi connectivity index (χ2n) is 10.9. The Balaban J connectivity index is 2.34. The third kappa shape index (κ3) is 11.2. The Morgan fingerprint density at radius 2 is 1.00 bits per heavy atom. The van der Waals surface area contributed by atoms with Gasteiger partial charge in [-0.3, -0.25) is 0 Å². The summed E-state index contributed by atoms with van der Waals surface area (Å²) in [6.45, 7) is 10.2. The Kier molecular flexibility index (Phi) is 10.5. The first-order valence-corrected chi connectivity index (χ1v) is 14.1. The zero-order valence-electron chi connectivity index (χ0n) is 22.6. The van der Waals surface area contributed by atoms with Crippen LogP contribution in [0.25, 0.3) is 0 Å². The van der Waals surface area contributed by atoms with E-state index in [-0.39, 0.29) is 12.8 Å². The van der Waals surface area contributed by atoms with Crippen molar-refractivity contribution in [1.29, 1.82) is 0 Å². The molecule has 0 aliphatic rings. The van der Waals surface area contributed by atoms with Crippen LogP contribution in [0.2, 0.25) is 0 Å². The molecule has 0 radical (unpaired) electrons. The third-order valence-corrected chi connectivity index (χ3v) is 7.52. The van der Waals surface area contributed by atoms with Crippen LogP contribution in [0, 0.1) is 0 Å². The fourth-order valence-electron chi connectivity index (χ4n) is 3.60. The van der Waals surface area contributed by atoms with E-state index in [1.54, 1.807) is 41.5 Å². The number of amides is 2. The highest BCUT2D eigenvalue weighted by Crippen LogP contribution is 2.19. The molecule has 2 rings (SSSR count). The molecule has 0 saturated heterocycles. The minimum absolute atomic E-state index is 0.101. The molecule has 0 aliphatic carbocycles. The van der Waals surface area contributed by atoms with E-state index < -0.39 is 44.0 Å². The van der Waals surface area contributed by atoms with Gasteiger partial charge in [-0.2, -0.15) is 0 Å². The monoisotopic (exact) mass is 532 g/mol. The van der Waals surface area contributed by atoms with Gasteiger partial charge in [-0.1, -0.05) is 60.7 Å². The first-order valence-electron chi connectivity index (χ1n) is 12.5. The van der Waals surface area contributed by atoms with Crippen LogP contribution in [-0.2, 0) is 32.2 Å². The molecule has 2 unspecified atom stereocenters. The summed E-state index contributed by atoms with van der Waals surface area (Å²) < 4.78 is 38.6. The van der Waals surface area contributed by atoms with E-state index in [4.69, 9.17) is 9.47 Å². The lowest BCUT2D eigenvalue weighted by atomic mass is 10.1. The number of carbonyl (C=O) groups excluding carboxylic acids is 2. The Hall–Kier alpha value is -3.07. The summed E-state index contributed by atoms with van der Waals surface area (Å²) in [7, 11) is -4.13. The summed E-state index contributed by atoms with van der Waals surface area (Å²) in [5.41, 5.74) is 0.239. The van der Waals surface area contributed by atoms with Crippen molar-refractivity contribution in [3.05, 3.63) is 71.8 Å². The number of hydrogen-bond donors (Lipinski definition) is 2. The number of aryl methyl sites for hydroxylation is 2. The maximum absolute atomic E-state index is 13.9. The first kappa shape index (κ1) is 30.2. The molecule has 0 fully saturated rings. The van der Waals surface area contributed by atoms with E-state index in [9.17, 15) is 18.0 Å². The molecule has 0 aliphatic heterocycles. The van der Waals surface area contributed by atoms with E-state index in [1.807, 2.05) is 60.7 Å². The smallest absolute Gasteiger partial charge is 0.408 e. The van der Waals surface area contributed by atoms with E-state index >= 15 is 0 Å². The molecule has 2 aromatic carbocycles. The van der Waals surface area contributed by atoms with Crippen molar-refractivity contribution in [2.24, 2.45) is 0 Å². The molecule has 0 spiro atoms. The molecule has 0 aromatic heterocycles. The predicted octanol–water partition coefficient (Wildman–Crippen LogP) is 5.37. The van der Waals surface area contributed by atoms with E-state index in [0.717, 1.165) is 11.1 Å². The lowest BCUT2D eigenvalue weighted by molar-refractivity contribution is 0.0515. The van der Waals surface area contributed by atoms with Gasteiger partial charge >= 0.3 is 12.2 Å². The van der Waals surface area contributed by atoms with Crippen LogP contribution in [0.4, 0.5) is 9.59 Å². The maximum Gasteiger partial charge on any atom is 0.408 e. The number of nitrogens with one attached hydrogen (secondary N) is 2. The van der Waals surface area contributed by atoms with Crippen molar-refractivity contribution >= 4 is 22.0 Å². The zero-order chi connectivity index (χ0) is 27.7. The van der Waals surface area contributed by atoms with E-state index in [0.29, 0.717) is 12.8 Å². The van der Waals surface area contributed by atoms with Gasteiger partial charge in [-0.15, -0.1) is 0 Å². The van der Waals surface area contributed by atoms with Crippen LogP contribution in [0.5, 0.6) is 0 Å². The normalized spacial score (nSPS) is 13.8. The average molecular weight is 533 g/mol. The number of hydrogen-bond acceptors (Lipinski definition) is 6. The molecule has 2 amide bonds. The molecule has 2 atom stereocenters. The number of benzene rings is 2. The highest BCUT2D eigenvalue weighted by molar-refractivity contribution is 7.92. The highest BCUT2D eigenvalue weighted by atomic mass is 32.2. The number of carbonyl (C=O) groups is 2. The summed E-state index contributed by atoms with van der Waals surface area (Å²) >= 11 is 0. The minimum Gasteiger partial charge on any atom is -0.444 e. The van der Waals surface area contributed by atoms with Crippen molar-refractivity contribution in [2.75, 3.05) is 0 Å². The molecule has 2 aromatic rings. The first-order chi connectivity index (χ1) is 17.2. The van der Waals surface area contributed by atoms with Crippen LogP contribution in [0.15, 0.2) is 60.7 Å². The lowest BCUT2D eigenvalue weighted by Gasteiger charge is -2.28. The summed E-state index contributed by atoms with van der Waals surface area (Å²) in [5, 5.41) is 2.50. The molecule has 9 heteroatoms. The Labute approximate surface area is 221 Å². The number of alkyl carbamates (subject to hydrolysis) is 2. The third-order valence-electron chi connectivity index (χ3n) is 5.22. The van der Waals surface area contributed by atoms with E-state index in [2.05, 4.69) is 10.6 Å². The molecule has 2 N–H and O–H groups in total. The zero-order valence-corrected chi connectivity index (χ0v) is 23.4. The molecule has 0 saturated carbocycles. The van der Waals surface area contributed by atoms with Gasteiger partial charge in [0, 0.05) is 0 Å². The van der Waals surface area contributed by atoms with Crippen molar-refractivity contribution in [3.63, 3.8) is 0 Å². The number of rotatable bonds is 10. The summed E-state index contributed by atoms with van der Waals surface area (Å²) in [5.74, 6) is 0. The molecule has 0 bridgehead atoms. The Morgan fingerprint density at radius 1 is 0.676 bits per heavy atom. The van der Waals surface area contributed by atoms with Gasteiger partial charge in [0.15, 0.2) is 9.84 Å². The maximum atomic E-state index is 13.9. The molecular formula is C28H40N2O6S. The summed E-state index contributed by atoms with van der Waals surface area (Å²) in [6.07, 6.45) is -0.676. The predicted molar refractivity (Wildman–Crippen MR) is 145 cm³/mol. The fraction of sp³-hybridized carbons (Fsp3) is 0.500. The molecule has 8 nitrogen and oxygen atoms in total. The van der Waals surface area contributed by atoms with Gasteiger partial charge in [0.05, 0.1) is 0 Å². The number of sulfone groups is 1. The van der Waals surface area contributed by atoms with Gasteiger partial charge in [-0.05, 0) is 78.4 Å². The van der Waals surface area contributed by atoms with Crippen LogP contribution >= 0.6 is 0 Å². The van der Waals surface area contributed by atoms with Gasteiger partial charge in [0.2, 0.25) is 0 Å². The van der Waals surface area contributed by atoms with Crippen molar-refractivity contribution in [2.45, 2.75) is 89.2 Å². The second kappa shape index (κ2) is 12.9. The molecular weight excluding hydrogens is 492 g/mol. The van der Waals surface area contributed by atoms with Gasteiger partial charge in [0.25, 0.3) is 0 Å². The van der Waals surface area contributed by atoms with Gasteiger partial charge in [0.1, 0.15) is 21.9 Å². The highest BCUT2D eigenvalue weighted by Gasteiger charge is 2.37. The van der Waals surface area contributed by atoms with Crippen molar-refractivity contribution < 1.29 is 27.5 Å². The van der Waals surface area contributed by atoms with Gasteiger partial charge in [-0.25, -0.2) is 18.0 Å². The Bertz CT molecular complexity index is 1020. The topological polar surface area (TPSA) is 111 Å². The minimum atomic E-state index is -4.13. The van der Waals surface area contributed by atoms with Crippen molar-refractivity contribution in [1.82, 2.24) is 10.6 Å². The van der Waals surface area contributed by atoms with Gasteiger partial charge < -0.3 is 20.1 Å². The second-order valence-corrected chi connectivity index (χ2v) is 13.2. The molecule has 204 valence electrons. The lowest BCUT2D eigenvalue weighted by Crippen LogP contribution is -2.52. The standard InChI is InChI=1S/C28H40N2O6S/c1-27(2,3)35-25(31)29-23(19-17-21-13-9-7-10-14-21)37(33,34)24(30-26(32)36-28(4,5)6)20-18-22-15-11-8-12-16-22/h7-16,23-24H,17-20H2,1-6H3,(H,29,31)(H,30,32). The van der Waals surface area contributed by atoms with Crippen molar-refractivity contribution in [3.8, 4) is 0 Å². The van der Waals surface area contributed by atoms with Crippen LogP contribution in [0.3, 0.4) is 0 Å².